The normalized spacial score (nSPS) is 18.6. The summed E-state index contributed by atoms with van der Waals surface area (Å²) in [6.45, 7) is 6.78. The average molecular weight is 408 g/mol. The van der Waals surface area contributed by atoms with E-state index in [1.54, 1.807) is 6.92 Å². The maximum Gasteiger partial charge on any atom is 0.260 e. The van der Waals surface area contributed by atoms with Crippen molar-refractivity contribution in [1.29, 1.82) is 0 Å². The van der Waals surface area contributed by atoms with Crippen LogP contribution in [0.1, 0.15) is 37.4 Å². The fourth-order valence-corrected chi connectivity index (χ4v) is 3.38. The molecule has 9 heteroatoms. The summed E-state index contributed by atoms with van der Waals surface area (Å²) in [6.07, 6.45) is 0.579. The Morgan fingerprint density at radius 2 is 2.17 bits per heavy atom. The molecule has 2 bridgehead atoms. The van der Waals surface area contributed by atoms with Crippen molar-refractivity contribution in [3.8, 4) is 16.9 Å². The molecule has 3 aromatic rings. The van der Waals surface area contributed by atoms with Crippen molar-refractivity contribution in [2.45, 2.75) is 19.5 Å². The van der Waals surface area contributed by atoms with Crippen molar-refractivity contribution in [3.63, 3.8) is 0 Å². The lowest BCUT2D eigenvalue weighted by Gasteiger charge is -2.23. The number of nitrogens with zero attached hydrogens (tertiary/aromatic N) is 5. The number of carbonyl (C=O) groups excluding carboxylic acids is 1. The number of ether oxygens (including phenoxy) is 1. The second-order valence-electron chi connectivity index (χ2n) is 6.86. The third kappa shape index (κ3) is 3.12. The number of nitrogens with two attached hydrogens (primary N) is 1. The lowest BCUT2D eigenvalue weighted by molar-refractivity contribution is 0.0778. The van der Waals surface area contributed by atoms with E-state index >= 15 is 0 Å². The van der Waals surface area contributed by atoms with Gasteiger partial charge in [-0.25, -0.2) is 14.1 Å². The summed E-state index contributed by atoms with van der Waals surface area (Å²) in [7, 11) is 2.80. The van der Waals surface area contributed by atoms with Crippen molar-refractivity contribution in [1.82, 2.24) is 19.7 Å². The number of fused-ring (bicyclic) bond motifs is 5. The minimum absolute atomic E-state index is 0.0527. The zero-order chi connectivity index (χ0) is 23.4. The van der Waals surface area contributed by atoms with E-state index in [0.717, 1.165) is 11.0 Å². The molecule has 0 aliphatic carbocycles. The Labute approximate surface area is 175 Å². The highest BCUT2D eigenvalue weighted by Crippen LogP contribution is 2.38. The number of anilines is 1. The van der Waals surface area contributed by atoms with Gasteiger partial charge in [0.15, 0.2) is 11.6 Å². The van der Waals surface area contributed by atoms with Crippen LogP contribution in [0.2, 0.25) is 0 Å². The first-order chi connectivity index (χ1) is 15.1. The second-order valence-corrected chi connectivity index (χ2v) is 6.86. The molecule has 1 amide bonds. The van der Waals surface area contributed by atoms with Crippen LogP contribution in [-0.2, 0) is 13.5 Å². The molecule has 2 N–H and O–H groups in total. The molecule has 1 aromatic carbocycles. The summed E-state index contributed by atoms with van der Waals surface area (Å²) in [5.41, 5.74) is 6.66. The van der Waals surface area contributed by atoms with E-state index < -0.39 is 24.3 Å². The number of hydrogen-bond donors (Lipinski definition) is 1. The highest BCUT2D eigenvalue weighted by atomic mass is 19.1. The monoisotopic (exact) mass is 408 g/mol. The summed E-state index contributed by atoms with van der Waals surface area (Å²) in [5.74, 6) is -1.00. The van der Waals surface area contributed by atoms with Crippen molar-refractivity contribution in [2.75, 3.05) is 12.8 Å². The quantitative estimate of drug-likeness (QED) is 0.575. The van der Waals surface area contributed by atoms with Gasteiger partial charge in [-0.1, -0.05) is 6.57 Å². The molecule has 1 aliphatic heterocycles. The highest BCUT2D eigenvalue weighted by Gasteiger charge is 2.27. The molecule has 2 aromatic heterocycles. The van der Waals surface area contributed by atoms with Gasteiger partial charge in [0.2, 0.25) is 0 Å². The van der Waals surface area contributed by atoms with Crippen molar-refractivity contribution < 1.29 is 16.7 Å². The van der Waals surface area contributed by atoms with Gasteiger partial charge in [-0.15, -0.1) is 5.10 Å². The first kappa shape index (κ1) is 17.0. The lowest BCUT2D eigenvalue weighted by atomic mass is 10.0. The molecule has 0 saturated heterocycles. The van der Waals surface area contributed by atoms with Crippen LogP contribution in [-0.4, -0.2) is 32.6 Å². The topological polar surface area (TPSA) is 90.6 Å². The molecule has 0 radical (unpaired) electrons. The number of amides is 1. The number of nitrogen functional groups attached to an aromatic ring is 1. The molecular formula is C21H19FN6O2. The molecule has 152 valence electrons. The summed E-state index contributed by atoms with van der Waals surface area (Å²) >= 11 is 0. The first-order valence-corrected chi connectivity index (χ1v) is 9.01. The van der Waals surface area contributed by atoms with Gasteiger partial charge in [0.1, 0.15) is 17.6 Å². The Morgan fingerprint density at radius 3 is 2.90 bits per heavy atom. The van der Waals surface area contributed by atoms with Gasteiger partial charge in [0.05, 0.1) is 16.3 Å². The minimum Gasteiger partial charge on any atom is -0.482 e. The number of benzene rings is 1. The van der Waals surface area contributed by atoms with E-state index in [1.807, 2.05) is 0 Å². The molecule has 0 fully saturated rings. The summed E-state index contributed by atoms with van der Waals surface area (Å²) < 4.78 is 38.7. The van der Waals surface area contributed by atoms with Crippen LogP contribution >= 0.6 is 0 Å². The van der Waals surface area contributed by atoms with E-state index in [-0.39, 0.29) is 39.8 Å². The van der Waals surface area contributed by atoms with Crippen LogP contribution in [0.5, 0.6) is 5.75 Å². The van der Waals surface area contributed by atoms with Gasteiger partial charge in [-0.3, -0.25) is 4.79 Å². The van der Waals surface area contributed by atoms with Gasteiger partial charge in [0.25, 0.3) is 11.7 Å². The summed E-state index contributed by atoms with van der Waals surface area (Å²) in [4.78, 5) is 21.9. The Balaban J connectivity index is 2.08. The van der Waals surface area contributed by atoms with Gasteiger partial charge < -0.3 is 20.2 Å². The maximum atomic E-state index is 14.1. The molecule has 1 aliphatic rings. The van der Waals surface area contributed by atoms with Crippen molar-refractivity contribution >= 4 is 17.5 Å². The predicted octanol–water partition coefficient (Wildman–Crippen LogP) is 3.48. The molecule has 8 nitrogen and oxygen atoms in total. The zero-order valence-electron chi connectivity index (χ0n) is 18.5. The van der Waals surface area contributed by atoms with Crippen LogP contribution in [0, 0.1) is 12.4 Å². The van der Waals surface area contributed by atoms with Crippen LogP contribution in [0.3, 0.4) is 0 Å². The number of hydrogen-bond acceptors (Lipinski definition) is 5. The number of carbonyl (C=O) groups is 1. The minimum atomic E-state index is -2.41. The van der Waals surface area contributed by atoms with E-state index in [4.69, 9.17) is 19.8 Å². The summed E-state index contributed by atoms with van der Waals surface area (Å²) in [5, 5.41) is 4.22. The van der Waals surface area contributed by atoms with Gasteiger partial charge in [-0.2, -0.15) is 0 Å². The maximum absolute atomic E-state index is 14.1. The Kier molecular flexibility index (Phi) is 4.05. The predicted molar refractivity (Wildman–Crippen MR) is 108 cm³/mol. The molecule has 3 heterocycles. The molecule has 1 atom stereocenters. The highest BCUT2D eigenvalue weighted by molar-refractivity contribution is 5.96. The first-order valence-electron chi connectivity index (χ1n) is 10.0. The Hall–Kier alpha value is -3.93. The van der Waals surface area contributed by atoms with E-state index in [1.165, 1.54) is 43.2 Å². The number of halogens is 1. The van der Waals surface area contributed by atoms with Crippen LogP contribution in [0.4, 0.5) is 16.0 Å². The van der Waals surface area contributed by atoms with Crippen molar-refractivity contribution in [2.24, 2.45) is 7.05 Å². The summed E-state index contributed by atoms with van der Waals surface area (Å²) in [6, 6.07) is 5.11. The Morgan fingerprint density at radius 1 is 1.40 bits per heavy atom. The third-order valence-corrected chi connectivity index (χ3v) is 4.86. The fourth-order valence-electron chi connectivity index (χ4n) is 3.38. The zero-order valence-corrected chi connectivity index (χ0v) is 16.5. The standard InChI is InChI=1S/C21H19FN6O2/c1-11-15-8-13(22)5-6-14(15)21(29)27(3)10-16-18(20(24-2)28(4)26-16)12-7-17(30-11)19(23)25-9-12/h5-9,11H,10H2,1,3-4H3,(H2,23,25)/t11-/m0/s1/i10D2. The van der Waals surface area contributed by atoms with Gasteiger partial charge >= 0.3 is 0 Å². The molecule has 0 saturated carbocycles. The SMILES string of the molecule is [2H]C1([2H])c2nn(C)c([N+]#[C-])c2-c2cnc(N)c(c2)O[C@@H](C)c2cc(F)ccc2C(=O)N1C. The average Bonchev–Trinajstić information content (AvgIpc) is 3.10. The molecular weight excluding hydrogens is 387 g/mol. The number of pyridine rings is 1. The fraction of sp³-hybridized carbons (Fsp3) is 0.238. The second kappa shape index (κ2) is 7.15. The van der Waals surface area contributed by atoms with E-state index in [0.29, 0.717) is 5.56 Å². The van der Waals surface area contributed by atoms with Gasteiger partial charge in [-0.05, 0) is 36.8 Å². The van der Waals surface area contributed by atoms with Crippen molar-refractivity contribution in [3.05, 3.63) is 64.5 Å². The lowest BCUT2D eigenvalue weighted by Crippen LogP contribution is -2.28. The van der Waals surface area contributed by atoms with E-state index in [9.17, 15) is 9.18 Å². The molecule has 30 heavy (non-hydrogen) atoms. The Bertz CT molecular complexity index is 1300. The molecule has 0 unspecified atom stereocenters. The number of rotatable bonds is 0. The third-order valence-electron chi connectivity index (χ3n) is 4.86. The largest absolute Gasteiger partial charge is 0.482 e. The molecule has 0 spiro atoms. The molecule has 4 rings (SSSR count). The van der Waals surface area contributed by atoms with Crippen LogP contribution in [0.15, 0.2) is 30.5 Å². The van der Waals surface area contributed by atoms with Crippen LogP contribution in [0.25, 0.3) is 16.0 Å². The van der Waals surface area contributed by atoms with E-state index in [2.05, 4.69) is 14.9 Å². The number of aryl methyl sites for hydroxylation is 1. The number of aromatic nitrogens is 3. The van der Waals surface area contributed by atoms with Gasteiger partial charge in [0, 0.05) is 29.9 Å². The smallest absolute Gasteiger partial charge is 0.260 e. The van der Waals surface area contributed by atoms with Crippen LogP contribution < -0.4 is 10.5 Å².